The molecule has 0 aliphatic heterocycles. The molecule has 0 saturated heterocycles. The van der Waals surface area contributed by atoms with Crippen LogP contribution in [-0.4, -0.2) is 24.1 Å². The molecule has 5 nitrogen and oxygen atoms in total. The van der Waals surface area contributed by atoms with Crippen LogP contribution in [0.3, 0.4) is 0 Å². The summed E-state index contributed by atoms with van der Waals surface area (Å²) in [6, 6.07) is 1.96. The molecule has 3 aromatic rings. The summed E-state index contributed by atoms with van der Waals surface area (Å²) in [5.74, 6) is 0. The molecule has 0 aliphatic rings. The van der Waals surface area contributed by atoms with E-state index in [1.807, 2.05) is 34.6 Å². The van der Waals surface area contributed by atoms with Gasteiger partial charge in [-0.1, -0.05) is 0 Å². The Morgan fingerprint density at radius 1 is 1.13 bits per heavy atom. The topological polar surface area (TPSA) is 48.0 Å². The highest BCUT2D eigenvalue weighted by atomic mass is 15.3. The standard InChI is InChI=1S/C10H9N5/c1-14-8(2-3-13-14)9-6-12-10-7-11-4-5-15(9)10/h2-7H,1H3. The molecule has 3 aromatic heterocycles. The fourth-order valence-electron chi connectivity index (χ4n) is 1.66. The molecule has 3 heterocycles. The number of rotatable bonds is 1. The van der Waals surface area contributed by atoms with E-state index in [-0.39, 0.29) is 0 Å². The Balaban J connectivity index is 2.32. The zero-order valence-corrected chi connectivity index (χ0v) is 8.20. The van der Waals surface area contributed by atoms with Gasteiger partial charge < -0.3 is 0 Å². The Kier molecular flexibility index (Phi) is 1.58. The molecule has 0 saturated carbocycles. The zero-order chi connectivity index (χ0) is 10.3. The number of nitrogens with zero attached hydrogens (tertiary/aromatic N) is 5. The largest absolute Gasteiger partial charge is 0.295 e. The highest BCUT2D eigenvalue weighted by Gasteiger charge is 2.08. The predicted molar refractivity (Wildman–Crippen MR) is 55.2 cm³/mol. The van der Waals surface area contributed by atoms with E-state index in [1.165, 1.54) is 0 Å². The van der Waals surface area contributed by atoms with Crippen LogP contribution in [-0.2, 0) is 7.05 Å². The molecule has 5 heteroatoms. The third-order valence-corrected chi connectivity index (χ3v) is 2.40. The summed E-state index contributed by atoms with van der Waals surface area (Å²) in [4.78, 5) is 8.30. The highest BCUT2D eigenvalue weighted by Crippen LogP contribution is 2.18. The second-order valence-corrected chi connectivity index (χ2v) is 3.29. The molecule has 0 bridgehead atoms. The van der Waals surface area contributed by atoms with Crippen LogP contribution in [0.5, 0.6) is 0 Å². The van der Waals surface area contributed by atoms with Crippen molar-refractivity contribution in [3.8, 4) is 11.4 Å². The minimum atomic E-state index is 0.841. The monoisotopic (exact) mass is 199 g/mol. The van der Waals surface area contributed by atoms with Crippen molar-refractivity contribution in [1.29, 1.82) is 0 Å². The van der Waals surface area contributed by atoms with Crippen molar-refractivity contribution in [3.05, 3.63) is 37.1 Å². The summed E-state index contributed by atoms with van der Waals surface area (Å²) < 4.78 is 3.81. The van der Waals surface area contributed by atoms with Crippen molar-refractivity contribution in [2.24, 2.45) is 7.05 Å². The normalized spacial score (nSPS) is 11.0. The van der Waals surface area contributed by atoms with E-state index in [9.17, 15) is 0 Å². The second kappa shape index (κ2) is 2.91. The predicted octanol–water partition coefficient (Wildman–Crippen LogP) is 1.13. The van der Waals surface area contributed by atoms with Gasteiger partial charge in [-0.05, 0) is 6.07 Å². The molecule has 0 N–H and O–H groups in total. The van der Waals surface area contributed by atoms with E-state index < -0.39 is 0 Å². The molecule has 0 atom stereocenters. The van der Waals surface area contributed by atoms with E-state index in [0.29, 0.717) is 0 Å². The van der Waals surface area contributed by atoms with Gasteiger partial charge in [0.25, 0.3) is 0 Å². The van der Waals surface area contributed by atoms with E-state index in [2.05, 4.69) is 15.1 Å². The van der Waals surface area contributed by atoms with Gasteiger partial charge in [0.05, 0.1) is 23.8 Å². The van der Waals surface area contributed by atoms with E-state index in [0.717, 1.165) is 17.0 Å². The van der Waals surface area contributed by atoms with Gasteiger partial charge in [0, 0.05) is 25.6 Å². The van der Waals surface area contributed by atoms with Gasteiger partial charge in [0.1, 0.15) is 0 Å². The molecule has 0 aliphatic carbocycles. The molecular weight excluding hydrogens is 190 g/mol. The number of hydrogen-bond acceptors (Lipinski definition) is 3. The lowest BCUT2D eigenvalue weighted by atomic mass is 10.3. The Bertz CT molecular complexity index is 607. The molecule has 0 spiro atoms. The van der Waals surface area contributed by atoms with Crippen molar-refractivity contribution in [3.63, 3.8) is 0 Å². The van der Waals surface area contributed by atoms with Crippen molar-refractivity contribution in [2.45, 2.75) is 0 Å². The summed E-state index contributed by atoms with van der Waals surface area (Å²) in [6.07, 6.45) is 8.98. The molecule has 3 rings (SSSR count). The van der Waals surface area contributed by atoms with E-state index >= 15 is 0 Å². The summed E-state index contributed by atoms with van der Waals surface area (Å²) in [7, 11) is 1.91. The Morgan fingerprint density at radius 3 is 2.87 bits per heavy atom. The van der Waals surface area contributed by atoms with Crippen LogP contribution in [0.25, 0.3) is 17.0 Å². The van der Waals surface area contributed by atoms with Gasteiger partial charge in [-0.3, -0.25) is 14.1 Å². The molecule has 0 radical (unpaired) electrons. The second-order valence-electron chi connectivity index (χ2n) is 3.29. The summed E-state index contributed by atoms with van der Waals surface area (Å²) in [5.41, 5.74) is 2.90. The average Bonchev–Trinajstić information content (AvgIpc) is 2.83. The zero-order valence-electron chi connectivity index (χ0n) is 8.20. The summed E-state index contributed by atoms with van der Waals surface area (Å²) in [5, 5.41) is 4.14. The maximum absolute atomic E-state index is 4.28. The maximum atomic E-state index is 4.28. The Labute approximate surface area is 86.0 Å². The summed E-state index contributed by atoms with van der Waals surface area (Å²) in [6.45, 7) is 0. The number of imidazole rings is 1. The van der Waals surface area contributed by atoms with Crippen molar-refractivity contribution in [1.82, 2.24) is 24.1 Å². The molecule has 0 unspecified atom stereocenters. The number of hydrogen-bond donors (Lipinski definition) is 0. The van der Waals surface area contributed by atoms with Crippen molar-refractivity contribution in [2.75, 3.05) is 0 Å². The van der Waals surface area contributed by atoms with E-state index in [4.69, 9.17) is 0 Å². The van der Waals surface area contributed by atoms with Crippen LogP contribution in [0.2, 0.25) is 0 Å². The quantitative estimate of drug-likeness (QED) is 0.590. The van der Waals surface area contributed by atoms with Gasteiger partial charge in [0.2, 0.25) is 0 Å². The van der Waals surface area contributed by atoms with Gasteiger partial charge in [-0.25, -0.2) is 4.98 Å². The maximum Gasteiger partial charge on any atom is 0.155 e. The molecule has 0 fully saturated rings. The van der Waals surface area contributed by atoms with Gasteiger partial charge >= 0.3 is 0 Å². The fourth-order valence-corrected chi connectivity index (χ4v) is 1.66. The molecule has 74 valence electrons. The van der Waals surface area contributed by atoms with Crippen LogP contribution >= 0.6 is 0 Å². The number of fused-ring (bicyclic) bond motifs is 1. The van der Waals surface area contributed by atoms with Gasteiger partial charge in [-0.2, -0.15) is 5.10 Å². The number of aromatic nitrogens is 5. The van der Waals surface area contributed by atoms with Crippen LogP contribution in [0.4, 0.5) is 0 Å². The lowest BCUT2D eigenvalue weighted by molar-refractivity contribution is 0.772. The first-order chi connectivity index (χ1) is 7.36. The SMILES string of the molecule is Cn1nccc1-c1cnc2cnccn12. The lowest BCUT2D eigenvalue weighted by Crippen LogP contribution is -1.96. The lowest BCUT2D eigenvalue weighted by Gasteiger charge is -2.00. The van der Waals surface area contributed by atoms with Crippen LogP contribution in [0, 0.1) is 0 Å². The minimum Gasteiger partial charge on any atom is -0.295 e. The third-order valence-electron chi connectivity index (χ3n) is 2.40. The number of aryl methyl sites for hydroxylation is 1. The van der Waals surface area contributed by atoms with Crippen molar-refractivity contribution < 1.29 is 0 Å². The molecule has 0 aromatic carbocycles. The summed E-state index contributed by atoms with van der Waals surface area (Å²) >= 11 is 0. The Morgan fingerprint density at radius 2 is 2.07 bits per heavy atom. The molecular formula is C10H9N5. The molecule has 0 amide bonds. The first kappa shape index (κ1) is 8.16. The molecule has 15 heavy (non-hydrogen) atoms. The highest BCUT2D eigenvalue weighted by molar-refractivity contribution is 5.59. The van der Waals surface area contributed by atoms with Crippen LogP contribution < -0.4 is 0 Å². The fraction of sp³-hybridized carbons (Fsp3) is 0.100. The first-order valence-electron chi connectivity index (χ1n) is 4.62. The van der Waals surface area contributed by atoms with Crippen LogP contribution in [0.1, 0.15) is 0 Å². The van der Waals surface area contributed by atoms with Gasteiger partial charge in [-0.15, -0.1) is 0 Å². The smallest absolute Gasteiger partial charge is 0.155 e. The minimum absolute atomic E-state index is 0.841. The first-order valence-corrected chi connectivity index (χ1v) is 4.62. The Hall–Kier alpha value is -2.17. The van der Waals surface area contributed by atoms with Gasteiger partial charge in [0.15, 0.2) is 5.65 Å². The van der Waals surface area contributed by atoms with Crippen molar-refractivity contribution >= 4 is 5.65 Å². The average molecular weight is 199 g/mol. The van der Waals surface area contributed by atoms with Crippen LogP contribution in [0.15, 0.2) is 37.1 Å². The van der Waals surface area contributed by atoms with E-state index in [1.54, 1.807) is 18.6 Å². The third kappa shape index (κ3) is 1.13.